The number of ether oxygens (including phenoxy) is 1. The Morgan fingerprint density at radius 3 is 2.75 bits per heavy atom. The zero-order valence-electron chi connectivity index (χ0n) is 24.3. The van der Waals surface area contributed by atoms with Crippen LogP contribution in [0.4, 0.5) is 20.3 Å². The summed E-state index contributed by atoms with van der Waals surface area (Å²) in [7, 11) is 1.27. The second-order valence-electron chi connectivity index (χ2n) is 11.2. The number of hydrogen-bond acceptors (Lipinski definition) is 8. The van der Waals surface area contributed by atoms with Crippen molar-refractivity contribution in [2.24, 2.45) is 0 Å². The predicted molar refractivity (Wildman–Crippen MR) is 159 cm³/mol. The number of nitrogens with one attached hydrogen (secondary N) is 3. The zero-order valence-corrected chi connectivity index (χ0v) is 24.3. The number of β-amino-alcohol motifs (C(OH)–C–C–N with tert-alkyl or cyclic N) is 1. The maximum atomic E-state index is 14.8. The molecule has 2 aliphatic rings. The van der Waals surface area contributed by atoms with Gasteiger partial charge in [-0.1, -0.05) is 0 Å². The molecule has 4 heterocycles. The van der Waals surface area contributed by atoms with E-state index in [2.05, 4.69) is 25.9 Å². The second-order valence-corrected chi connectivity index (χ2v) is 11.2. The molecule has 4 N–H and O–H groups in total. The number of aryl methyl sites for hydroxylation is 1. The summed E-state index contributed by atoms with van der Waals surface area (Å²) in [6.07, 6.45) is 6.01. The number of aliphatic hydroxyl groups excluding tert-OH is 1. The molecule has 2 aromatic heterocycles. The van der Waals surface area contributed by atoms with Gasteiger partial charge in [-0.3, -0.25) is 14.0 Å². The molecule has 2 saturated heterocycles. The van der Waals surface area contributed by atoms with Crippen LogP contribution in [-0.4, -0.2) is 81.1 Å². The van der Waals surface area contributed by atoms with E-state index in [-0.39, 0.29) is 35.2 Å². The first kappa shape index (κ1) is 29.5. The van der Waals surface area contributed by atoms with Crippen molar-refractivity contribution < 1.29 is 28.2 Å². The van der Waals surface area contributed by atoms with E-state index in [1.165, 1.54) is 31.6 Å². The van der Waals surface area contributed by atoms with Gasteiger partial charge in [0.2, 0.25) is 11.7 Å². The summed E-state index contributed by atoms with van der Waals surface area (Å²) in [5.74, 6) is -2.19. The molecule has 2 aliphatic heterocycles. The van der Waals surface area contributed by atoms with E-state index in [9.17, 15) is 23.5 Å². The number of likely N-dealkylation sites (tertiary alicyclic amines) is 1. The van der Waals surface area contributed by atoms with E-state index < -0.39 is 17.7 Å². The summed E-state index contributed by atoms with van der Waals surface area (Å²) >= 11 is 0. The Balaban J connectivity index is 1.15. The number of piperidine rings is 1. The first-order valence-corrected chi connectivity index (χ1v) is 14.5. The number of nitrogens with zero attached hydrogens (tertiary/aromatic N) is 4. The summed E-state index contributed by atoms with van der Waals surface area (Å²) in [5.41, 5.74) is 2.66. The molecule has 0 spiro atoms. The number of carbonyl (C=O) groups is 2. The van der Waals surface area contributed by atoms with E-state index in [1.54, 1.807) is 27.6 Å². The minimum atomic E-state index is -1.08. The lowest BCUT2D eigenvalue weighted by Crippen LogP contribution is -2.53. The smallest absolute Gasteiger partial charge is 0.251 e. The Labute approximate surface area is 252 Å². The Morgan fingerprint density at radius 1 is 1.16 bits per heavy atom. The fourth-order valence-corrected chi connectivity index (χ4v) is 5.91. The van der Waals surface area contributed by atoms with Crippen molar-refractivity contribution in [3.63, 3.8) is 0 Å². The highest BCUT2D eigenvalue weighted by Gasteiger charge is 2.34. The molecule has 0 aliphatic carbocycles. The molecule has 2 aromatic carbocycles. The monoisotopic (exact) mass is 605 g/mol. The van der Waals surface area contributed by atoms with Gasteiger partial charge in [0.15, 0.2) is 23.0 Å². The predicted octanol–water partition coefficient (Wildman–Crippen LogP) is 3.18. The number of fused-ring (bicyclic) bond motifs is 1. The van der Waals surface area contributed by atoms with E-state index in [1.807, 2.05) is 13.0 Å². The maximum absolute atomic E-state index is 14.8. The van der Waals surface area contributed by atoms with Crippen LogP contribution in [0.15, 0.2) is 48.9 Å². The highest BCUT2D eigenvalue weighted by molar-refractivity contribution is 5.96. The van der Waals surface area contributed by atoms with Crippen LogP contribution in [0.1, 0.15) is 35.2 Å². The number of amides is 2. The van der Waals surface area contributed by atoms with Gasteiger partial charge in [-0.15, -0.1) is 0 Å². The van der Waals surface area contributed by atoms with Crippen LogP contribution >= 0.6 is 0 Å². The summed E-state index contributed by atoms with van der Waals surface area (Å²) in [6, 6.07) is 7.51. The maximum Gasteiger partial charge on any atom is 0.251 e. The topological polar surface area (TPSA) is 133 Å². The summed E-state index contributed by atoms with van der Waals surface area (Å²) in [5, 5.41) is 19.1. The molecule has 44 heavy (non-hydrogen) atoms. The number of benzene rings is 2. The molecular formula is C31H33F2N7O4. The molecule has 3 atom stereocenters. The SMILES string of the molecule is COc1ccc(-c2cnc3c(Nc4ccc(C(=O)N[C@@H]5CCCN(C(=O)[C@H]6C[C@H](O)CN6)C5)c(C)c4)nccn23)c(F)c1F. The molecule has 0 radical (unpaired) electrons. The number of halogens is 2. The zero-order chi connectivity index (χ0) is 31.0. The average Bonchev–Trinajstić information content (AvgIpc) is 3.65. The molecule has 0 bridgehead atoms. The third-order valence-electron chi connectivity index (χ3n) is 8.18. The molecule has 230 valence electrons. The molecule has 4 aromatic rings. The number of aromatic nitrogens is 3. The fourth-order valence-electron chi connectivity index (χ4n) is 5.91. The Bertz CT molecular complexity index is 1730. The number of rotatable bonds is 7. The number of hydrogen-bond donors (Lipinski definition) is 4. The highest BCUT2D eigenvalue weighted by Crippen LogP contribution is 2.31. The lowest BCUT2D eigenvalue weighted by atomic mass is 10.0. The molecule has 11 nitrogen and oxygen atoms in total. The quantitative estimate of drug-likeness (QED) is 0.253. The van der Waals surface area contributed by atoms with Crippen LogP contribution in [0.3, 0.4) is 0 Å². The number of aliphatic hydroxyl groups is 1. The Morgan fingerprint density at radius 2 is 2.00 bits per heavy atom. The normalized spacial score (nSPS) is 20.1. The van der Waals surface area contributed by atoms with Crippen LogP contribution in [0.25, 0.3) is 16.9 Å². The minimum absolute atomic E-state index is 0.0265. The highest BCUT2D eigenvalue weighted by atomic mass is 19.2. The van der Waals surface area contributed by atoms with Crippen molar-refractivity contribution >= 4 is 29.0 Å². The first-order chi connectivity index (χ1) is 21.2. The molecular weight excluding hydrogens is 572 g/mol. The molecule has 6 rings (SSSR count). The molecule has 0 saturated carbocycles. The van der Waals surface area contributed by atoms with E-state index in [0.29, 0.717) is 54.5 Å². The summed E-state index contributed by atoms with van der Waals surface area (Å²) < 4.78 is 35.7. The number of anilines is 2. The lowest BCUT2D eigenvalue weighted by molar-refractivity contribution is -0.134. The number of imidazole rings is 1. The van der Waals surface area contributed by atoms with Gasteiger partial charge in [-0.05, 0) is 62.1 Å². The van der Waals surface area contributed by atoms with Crippen LogP contribution in [0, 0.1) is 18.6 Å². The fraction of sp³-hybridized carbons (Fsp3) is 0.355. The Hall–Kier alpha value is -4.62. The lowest BCUT2D eigenvalue weighted by Gasteiger charge is -2.34. The van der Waals surface area contributed by atoms with Crippen LogP contribution in [0.5, 0.6) is 5.75 Å². The van der Waals surface area contributed by atoms with Crippen LogP contribution < -0.4 is 20.7 Å². The molecule has 2 amide bonds. The van der Waals surface area contributed by atoms with Gasteiger partial charge in [-0.25, -0.2) is 14.4 Å². The average molecular weight is 606 g/mol. The largest absolute Gasteiger partial charge is 0.494 e. The van der Waals surface area contributed by atoms with Crippen molar-refractivity contribution in [2.75, 3.05) is 32.1 Å². The second kappa shape index (κ2) is 12.2. The minimum Gasteiger partial charge on any atom is -0.494 e. The van der Waals surface area contributed by atoms with Crippen molar-refractivity contribution in [1.82, 2.24) is 29.9 Å². The van der Waals surface area contributed by atoms with Gasteiger partial charge >= 0.3 is 0 Å². The third-order valence-corrected chi connectivity index (χ3v) is 8.18. The van der Waals surface area contributed by atoms with E-state index in [0.717, 1.165) is 18.4 Å². The van der Waals surface area contributed by atoms with Crippen molar-refractivity contribution in [3.8, 4) is 17.0 Å². The molecule has 0 unspecified atom stereocenters. The summed E-state index contributed by atoms with van der Waals surface area (Å²) in [4.78, 5) is 36.6. The van der Waals surface area contributed by atoms with Gasteiger partial charge in [0.1, 0.15) is 0 Å². The van der Waals surface area contributed by atoms with Gasteiger partial charge in [0.25, 0.3) is 5.91 Å². The number of carbonyl (C=O) groups excluding carboxylic acids is 2. The third kappa shape index (κ3) is 5.67. The van der Waals surface area contributed by atoms with Crippen molar-refractivity contribution in [2.45, 2.75) is 44.4 Å². The first-order valence-electron chi connectivity index (χ1n) is 14.5. The van der Waals surface area contributed by atoms with Crippen molar-refractivity contribution in [3.05, 3.63) is 71.7 Å². The van der Waals surface area contributed by atoms with E-state index in [4.69, 9.17) is 4.74 Å². The van der Waals surface area contributed by atoms with Gasteiger partial charge < -0.3 is 30.7 Å². The summed E-state index contributed by atoms with van der Waals surface area (Å²) in [6.45, 7) is 3.29. The standard InChI is InChI=1S/C31H33F2N7O4/c1-17-12-18(5-6-21(17)30(42)38-19-4-3-10-39(16-19)31(43)23-13-20(41)14-35-23)37-28-29-36-15-24(40(29)11-9-34-28)22-7-8-25(44-2)27(33)26(22)32/h5-9,11-12,15,19-20,23,35,41H,3-4,10,13-14,16H2,1-2H3,(H,34,37)(H,38,42)/t19-,20+,23-/m1/s1. The van der Waals surface area contributed by atoms with Crippen molar-refractivity contribution in [1.29, 1.82) is 0 Å². The van der Waals surface area contributed by atoms with E-state index >= 15 is 0 Å². The number of methoxy groups -OCH3 is 1. The van der Waals surface area contributed by atoms with Gasteiger partial charge in [-0.2, -0.15) is 4.39 Å². The Kier molecular flexibility index (Phi) is 8.15. The molecule has 13 heteroatoms. The van der Waals surface area contributed by atoms with Crippen LogP contribution in [-0.2, 0) is 4.79 Å². The molecule has 2 fully saturated rings. The van der Waals surface area contributed by atoms with Gasteiger partial charge in [0, 0.05) is 54.9 Å². The van der Waals surface area contributed by atoms with Crippen LogP contribution in [0.2, 0.25) is 0 Å². The van der Waals surface area contributed by atoms with Gasteiger partial charge in [0.05, 0.1) is 31.1 Å².